The predicted octanol–water partition coefficient (Wildman–Crippen LogP) is 2.38. The van der Waals surface area contributed by atoms with Crippen LogP contribution in [-0.4, -0.2) is 54.0 Å². The molecule has 1 saturated carbocycles. The zero-order valence-corrected chi connectivity index (χ0v) is 15.3. The molecule has 0 bridgehead atoms. The first-order valence-corrected chi connectivity index (χ1v) is 9.65. The van der Waals surface area contributed by atoms with E-state index in [4.69, 9.17) is 10.5 Å². The van der Waals surface area contributed by atoms with Crippen LogP contribution in [0, 0.1) is 5.92 Å². The molecule has 2 aliphatic rings. The third-order valence-corrected chi connectivity index (χ3v) is 5.50. The highest BCUT2D eigenvalue weighted by molar-refractivity contribution is 5.82. The Morgan fingerprint density at radius 2 is 1.62 bits per heavy atom. The molecule has 1 aromatic rings. The Labute approximate surface area is 155 Å². The van der Waals surface area contributed by atoms with Gasteiger partial charge in [-0.3, -0.25) is 4.79 Å². The summed E-state index contributed by atoms with van der Waals surface area (Å²) in [5.74, 6) is 0.347. The third kappa shape index (κ3) is 4.75. The fraction of sp³-hybridized carbons (Fsp3) is 0.600. The van der Waals surface area contributed by atoms with Gasteiger partial charge in [-0.05, 0) is 24.3 Å². The molecule has 2 fully saturated rings. The Morgan fingerprint density at radius 3 is 2.27 bits per heavy atom. The van der Waals surface area contributed by atoms with Crippen molar-refractivity contribution >= 4 is 12.0 Å². The van der Waals surface area contributed by atoms with Gasteiger partial charge in [0.15, 0.2) is 0 Å². The molecule has 0 radical (unpaired) electrons. The van der Waals surface area contributed by atoms with E-state index in [9.17, 15) is 9.59 Å². The summed E-state index contributed by atoms with van der Waals surface area (Å²) >= 11 is 0. The van der Waals surface area contributed by atoms with Crippen LogP contribution in [0.25, 0.3) is 0 Å². The molecular weight excluding hydrogens is 330 g/mol. The second-order valence-corrected chi connectivity index (χ2v) is 7.28. The molecule has 142 valence electrons. The van der Waals surface area contributed by atoms with Crippen LogP contribution in [0.15, 0.2) is 30.3 Å². The Bertz CT molecular complexity index is 594. The molecule has 1 atom stereocenters. The van der Waals surface area contributed by atoms with Gasteiger partial charge >= 0.3 is 6.09 Å². The number of carbonyl (C=O) groups is 2. The summed E-state index contributed by atoms with van der Waals surface area (Å²) in [4.78, 5) is 28.3. The number of ether oxygens (including phenoxy) is 1. The number of amides is 2. The number of benzene rings is 1. The van der Waals surface area contributed by atoms with Crippen molar-refractivity contribution in [2.24, 2.45) is 11.7 Å². The van der Waals surface area contributed by atoms with Crippen molar-refractivity contribution in [3.63, 3.8) is 0 Å². The second kappa shape index (κ2) is 9.03. The van der Waals surface area contributed by atoms with Crippen LogP contribution in [0.4, 0.5) is 4.79 Å². The standard InChI is InChI=1S/C20H29N3O3/c21-18(17-9-5-2-6-10-17)19(24)22-11-13-23(14-12-22)20(25)26-15-16-7-3-1-4-8-16/h1,3-4,7-8,17-18H,2,5-6,9-15,21H2. The van der Waals surface area contributed by atoms with Crippen LogP contribution in [0.3, 0.4) is 0 Å². The quantitative estimate of drug-likeness (QED) is 0.895. The maximum absolute atomic E-state index is 12.7. The fourth-order valence-corrected chi connectivity index (χ4v) is 3.83. The van der Waals surface area contributed by atoms with Crippen molar-refractivity contribution in [2.45, 2.75) is 44.8 Å². The van der Waals surface area contributed by atoms with E-state index in [1.165, 1.54) is 19.3 Å². The largest absolute Gasteiger partial charge is 0.445 e. The second-order valence-electron chi connectivity index (χ2n) is 7.28. The molecule has 2 N–H and O–H groups in total. The summed E-state index contributed by atoms with van der Waals surface area (Å²) < 4.78 is 5.36. The zero-order valence-electron chi connectivity index (χ0n) is 15.3. The number of nitrogens with zero attached hydrogens (tertiary/aromatic N) is 2. The maximum Gasteiger partial charge on any atom is 0.410 e. The van der Waals surface area contributed by atoms with E-state index in [0.717, 1.165) is 18.4 Å². The van der Waals surface area contributed by atoms with Crippen LogP contribution in [0.5, 0.6) is 0 Å². The minimum Gasteiger partial charge on any atom is -0.445 e. The summed E-state index contributed by atoms with van der Waals surface area (Å²) in [6, 6.07) is 9.23. The summed E-state index contributed by atoms with van der Waals surface area (Å²) in [5.41, 5.74) is 7.20. The number of nitrogens with two attached hydrogens (primary N) is 1. The molecule has 1 heterocycles. The minimum absolute atomic E-state index is 0.0363. The Hall–Kier alpha value is -2.08. The number of rotatable bonds is 4. The number of hydrogen-bond acceptors (Lipinski definition) is 4. The molecule has 26 heavy (non-hydrogen) atoms. The van der Waals surface area contributed by atoms with Crippen molar-refractivity contribution in [1.82, 2.24) is 9.80 Å². The van der Waals surface area contributed by atoms with Crippen LogP contribution in [0.2, 0.25) is 0 Å². The molecule has 1 unspecified atom stereocenters. The van der Waals surface area contributed by atoms with Crippen molar-refractivity contribution in [1.29, 1.82) is 0 Å². The normalized spacial score (nSPS) is 19.9. The van der Waals surface area contributed by atoms with E-state index >= 15 is 0 Å². The highest BCUT2D eigenvalue weighted by atomic mass is 16.6. The van der Waals surface area contributed by atoms with Crippen LogP contribution in [-0.2, 0) is 16.1 Å². The van der Waals surface area contributed by atoms with Gasteiger partial charge in [0.2, 0.25) is 5.91 Å². The van der Waals surface area contributed by atoms with Crippen LogP contribution in [0.1, 0.15) is 37.7 Å². The molecule has 1 aromatic carbocycles. The Morgan fingerprint density at radius 1 is 1.00 bits per heavy atom. The van der Waals surface area contributed by atoms with E-state index in [1.807, 2.05) is 30.3 Å². The van der Waals surface area contributed by atoms with E-state index in [1.54, 1.807) is 9.80 Å². The van der Waals surface area contributed by atoms with Gasteiger partial charge in [0, 0.05) is 26.2 Å². The topological polar surface area (TPSA) is 75.9 Å². The Kier molecular flexibility index (Phi) is 6.50. The van der Waals surface area contributed by atoms with Gasteiger partial charge in [-0.15, -0.1) is 0 Å². The van der Waals surface area contributed by atoms with Gasteiger partial charge in [-0.2, -0.15) is 0 Å². The minimum atomic E-state index is -0.396. The monoisotopic (exact) mass is 359 g/mol. The van der Waals surface area contributed by atoms with Gasteiger partial charge in [0.05, 0.1) is 6.04 Å². The maximum atomic E-state index is 12.7. The third-order valence-electron chi connectivity index (χ3n) is 5.50. The van der Waals surface area contributed by atoms with Crippen molar-refractivity contribution in [3.05, 3.63) is 35.9 Å². The average Bonchev–Trinajstić information content (AvgIpc) is 2.72. The van der Waals surface area contributed by atoms with Gasteiger partial charge in [-0.25, -0.2) is 4.79 Å². The van der Waals surface area contributed by atoms with Crippen LogP contribution < -0.4 is 5.73 Å². The van der Waals surface area contributed by atoms with Crippen LogP contribution >= 0.6 is 0 Å². The van der Waals surface area contributed by atoms with Crippen molar-refractivity contribution in [3.8, 4) is 0 Å². The molecule has 1 aliphatic carbocycles. The molecule has 0 aromatic heterocycles. The SMILES string of the molecule is NC(C(=O)N1CCN(C(=O)OCc2ccccc2)CC1)C1CCCCC1. The van der Waals surface area contributed by atoms with Gasteiger partial charge in [-0.1, -0.05) is 49.6 Å². The van der Waals surface area contributed by atoms with E-state index < -0.39 is 6.04 Å². The number of hydrogen-bond donors (Lipinski definition) is 1. The predicted molar refractivity (Wildman–Crippen MR) is 99.3 cm³/mol. The van der Waals surface area contributed by atoms with E-state index in [0.29, 0.717) is 32.1 Å². The molecule has 3 rings (SSSR count). The zero-order chi connectivity index (χ0) is 18.4. The molecule has 6 heteroatoms. The first-order valence-electron chi connectivity index (χ1n) is 9.65. The lowest BCUT2D eigenvalue weighted by atomic mass is 9.83. The summed E-state index contributed by atoms with van der Waals surface area (Å²) in [6.07, 6.45) is 5.38. The van der Waals surface area contributed by atoms with Gasteiger partial charge in [0.1, 0.15) is 6.61 Å². The Balaban J connectivity index is 1.43. The average molecular weight is 359 g/mol. The summed E-state index contributed by atoms with van der Waals surface area (Å²) in [7, 11) is 0. The first-order chi connectivity index (χ1) is 12.6. The lowest BCUT2D eigenvalue weighted by Crippen LogP contribution is -2.56. The van der Waals surface area contributed by atoms with Crippen molar-refractivity contribution in [2.75, 3.05) is 26.2 Å². The van der Waals surface area contributed by atoms with E-state index in [-0.39, 0.29) is 18.6 Å². The smallest absolute Gasteiger partial charge is 0.410 e. The lowest BCUT2D eigenvalue weighted by molar-refractivity contribution is -0.135. The molecule has 1 aliphatic heterocycles. The molecule has 0 spiro atoms. The first kappa shape index (κ1) is 18.7. The summed E-state index contributed by atoms with van der Waals surface area (Å²) in [6.45, 7) is 2.32. The number of carbonyl (C=O) groups excluding carboxylic acids is 2. The summed E-state index contributed by atoms with van der Waals surface area (Å²) in [5, 5.41) is 0. The fourth-order valence-electron chi connectivity index (χ4n) is 3.83. The molecular formula is C20H29N3O3. The molecule has 2 amide bonds. The van der Waals surface area contributed by atoms with E-state index in [2.05, 4.69) is 0 Å². The highest BCUT2D eigenvalue weighted by Gasteiger charge is 2.32. The van der Waals surface area contributed by atoms with Gasteiger partial charge < -0.3 is 20.3 Å². The lowest BCUT2D eigenvalue weighted by Gasteiger charge is -2.37. The van der Waals surface area contributed by atoms with Crippen molar-refractivity contribution < 1.29 is 14.3 Å². The van der Waals surface area contributed by atoms with Gasteiger partial charge in [0.25, 0.3) is 0 Å². The molecule has 6 nitrogen and oxygen atoms in total. The number of piperazine rings is 1. The molecule has 1 saturated heterocycles. The highest BCUT2D eigenvalue weighted by Crippen LogP contribution is 2.26.